The minimum absolute atomic E-state index is 0.623. The Hall–Kier alpha value is -2.54. The van der Waals surface area contributed by atoms with Gasteiger partial charge in [-0.2, -0.15) is 5.26 Å². The van der Waals surface area contributed by atoms with Gasteiger partial charge in [0.05, 0.1) is 16.6 Å². The average molecular weight is 363 g/mol. The summed E-state index contributed by atoms with van der Waals surface area (Å²) >= 11 is 0. The molecule has 2 aromatic heterocycles. The van der Waals surface area contributed by atoms with E-state index in [1.165, 1.54) is 18.4 Å². The second-order valence-electron chi connectivity index (χ2n) is 7.76. The molecule has 0 aliphatic carbocycles. The lowest BCUT2D eigenvalue weighted by molar-refractivity contribution is 0.585. The van der Waals surface area contributed by atoms with Gasteiger partial charge in [0, 0.05) is 6.54 Å². The lowest BCUT2D eigenvalue weighted by atomic mass is 9.96. The topological polar surface area (TPSA) is 53.1 Å². The van der Waals surface area contributed by atoms with Crippen LogP contribution in [-0.2, 0) is 6.42 Å². The standard InChI is InChI=1S/C23H30N4/c1-5-6-9-14-25-22-18(13-12-16(2)3)17(4)19(15-24)23-26-20-10-7-8-11-21(20)27(22)23/h7-8,10-11,16,25H,5-6,9,12-14H2,1-4H3. The molecule has 0 fully saturated rings. The lowest BCUT2D eigenvalue weighted by Gasteiger charge is -2.19. The summed E-state index contributed by atoms with van der Waals surface area (Å²) in [6.07, 6.45) is 5.65. The first kappa shape index (κ1) is 19.2. The Kier molecular flexibility index (Phi) is 6.01. The molecular formula is C23H30N4. The third-order valence-electron chi connectivity index (χ3n) is 5.28. The Labute approximate surface area is 162 Å². The van der Waals surface area contributed by atoms with Crippen molar-refractivity contribution in [3.63, 3.8) is 0 Å². The summed E-state index contributed by atoms with van der Waals surface area (Å²) in [5.41, 5.74) is 5.79. The van der Waals surface area contributed by atoms with Gasteiger partial charge in [-0.3, -0.25) is 4.40 Å². The molecule has 4 nitrogen and oxygen atoms in total. The van der Waals surface area contributed by atoms with E-state index in [1.54, 1.807) is 0 Å². The van der Waals surface area contributed by atoms with Gasteiger partial charge < -0.3 is 5.32 Å². The molecule has 3 rings (SSSR count). The minimum atomic E-state index is 0.623. The predicted molar refractivity (Wildman–Crippen MR) is 113 cm³/mol. The molecule has 0 saturated heterocycles. The minimum Gasteiger partial charge on any atom is -0.371 e. The first-order valence-corrected chi connectivity index (χ1v) is 10.1. The number of para-hydroxylation sites is 2. The zero-order valence-corrected chi connectivity index (χ0v) is 17.0. The SMILES string of the molecule is CCCCCNc1c(CCC(C)C)c(C)c(C#N)c2nc3ccccc3n12. The van der Waals surface area contributed by atoms with Crippen molar-refractivity contribution >= 4 is 22.5 Å². The van der Waals surface area contributed by atoms with Crippen molar-refractivity contribution < 1.29 is 0 Å². The highest BCUT2D eigenvalue weighted by molar-refractivity contribution is 5.86. The van der Waals surface area contributed by atoms with E-state index < -0.39 is 0 Å². The monoisotopic (exact) mass is 362 g/mol. The molecule has 0 aliphatic rings. The number of rotatable bonds is 8. The number of unbranched alkanes of at least 4 members (excludes halogenated alkanes) is 2. The van der Waals surface area contributed by atoms with Gasteiger partial charge >= 0.3 is 0 Å². The summed E-state index contributed by atoms with van der Waals surface area (Å²) in [4.78, 5) is 4.79. The molecule has 142 valence electrons. The van der Waals surface area contributed by atoms with Crippen molar-refractivity contribution in [3.8, 4) is 6.07 Å². The first-order chi connectivity index (χ1) is 13.1. The van der Waals surface area contributed by atoms with Gasteiger partial charge in [-0.25, -0.2) is 4.98 Å². The highest BCUT2D eigenvalue weighted by Crippen LogP contribution is 2.32. The van der Waals surface area contributed by atoms with E-state index in [1.807, 2.05) is 18.2 Å². The van der Waals surface area contributed by atoms with E-state index in [9.17, 15) is 5.26 Å². The van der Waals surface area contributed by atoms with Gasteiger partial charge in [-0.05, 0) is 55.4 Å². The Morgan fingerprint density at radius 3 is 2.70 bits per heavy atom. The molecule has 0 bridgehead atoms. The van der Waals surface area contributed by atoms with Crippen molar-refractivity contribution in [2.24, 2.45) is 5.92 Å². The number of hydrogen-bond acceptors (Lipinski definition) is 3. The van der Waals surface area contributed by atoms with Crippen LogP contribution >= 0.6 is 0 Å². The summed E-state index contributed by atoms with van der Waals surface area (Å²) in [7, 11) is 0. The molecule has 1 aromatic carbocycles. The van der Waals surface area contributed by atoms with E-state index in [0.29, 0.717) is 11.5 Å². The normalized spacial score (nSPS) is 11.4. The van der Waals surface area contributed by atoms with Crippen LogP contribution < -0.4 is 5.32 Å². The van der Waals surface area contributed by atoms with Crippen molar-refractivity contribution in [1.29, 1.82) is 5.26 Å². The van der Waals surface area contributed by atoms with Gasteiger partial charge in [0.2, 0.25) is 0 Å². The summed E-state index contributed by atoms with van der Waals surface area (Å²) in [6.45, 7) is 9.74. The van der Waals surface area contributed by atoms with Crippen LogP contribution in [0, 0.1) is 24.2 Å². The lowest BCUT2D eigenvalue weighted by Crippen LogP contribution is -2.13. The van der Waals surface area contributed by atoms with Gasteiger partial charge in [-0.15, -0.1) is 0 Å². The van der Waals surface area contributed by atoms with Crippen molar-refractivity contribution in [2.75, 3.05) is 11.9 Å². The first-order valence-electron chi connectivity index (χ1n) is 10.1. The quantitative estimate of drug-likeness (QED) is 0.511. The summed E-state index contributed by atoms with van der Waals surface area (Å²) < 4.78 is 2.17. The van der Waals surface area contributed by atoms with E-state index >= 15 is 0 Å². The Bertz CT molecular complexity index is 976. The number of nitrogens with zero attached hydrogens (tertiary/aromatic N) is 3. The summed E-state index contributed by atoms with van der Waals surface area (Å²) in [5.74, 6) is 1.74. The Morgan fingerprint density at radius 2 is 2.00 bits per heavy atom. The number of pyridine rings is 1. The fourth-order valence-corrected chi connectivity index (χ4v) is 3.69. The molecule has 27 heavy (non-hydrogen) atoms. The summed E-state index contributed by atoms with van der Waals surface area (Å²) in [6, 6.07) is 10.6. The van der Waals surface area contributed by atoms with Crippen LogP contribution in [0.3, 0.4) is 0 Å². The van der Waals surface area contributed by atoms with Gasteiger partial charge in [0.1, 0.15) is 11.9 Å². The molecule has 1 N–H and O–H groups in total. The van der Waals surface area contributed by atoms with Crippen LogP contribution in [0.25, 0.3) is 16.7 Å². The molecule has 0 unspecified atom stereocenters. The van der Waals surface area contributed by atoms with E-state index in [4.69, 9.17) is 4.98 Å². The van der Waals surface area contributed by atoms with Crippen molar-refractivity contribution in [2.45, 2.75) is 59.8 Å². The predicted octanol–water partition coefficient (Wildman–Crippen LogP) is 5.86. The average Bonchev–Trinajstić information content (AvgIpc) is 3.03. The fourth-order valence-electron chi connectivity index (χ4n) is 3.69. The molecule has 0 amide bonds. The zero-order valence-electron chi connectivity index (χ0n) is 17.0. The Morgan fingerprint density at radius 1 is 1.22 bits per heavy atom. The fraction of sp³-hybridized carbons (Fsp3) is 0.478. The van der Waals surface area contributed by atoms with Crippen molar-refractivity contribution in [1.82, 2.24) is 9.38 Å². The maximum absolute atomic E-state index is 9.86. The number of nitrogens with one attached hydrogen (secondary N) is 1. The van der Waals surface area contributed by atoms with E-state index in [0.717, 1.165) is 53.9 Å². The Balaban J connectivity index is 2.23. The largest absolute Gasteiger partial charge is 0.371 e. The molecule has 3 aromatic rings. The number of hydrogen-bond donors (Lipinski definition) is 1. The number of anilines is 1. The molecule has 2 heterocycles. The second kappa shape index (κ2) is 8.43. The van der Waals surface area contributed by atoms with Gasteiger partial charge in [0.15, 0.2) is 5.65 Å². The highest BCUT2D eigenvalue weighted by Gasteiger charge is 2.20. The van der Waals surface area contributed by atoms with Gasteiger partial charge in [-0.1, -0.05) is 45.7 Å². The molecule has 4 heteroatoms. The maximum atomic E-state index is 9.86. The van der Waals surface area contributed by atoms with Crippen LogP contribution in [0.2, 0.25) is 0 Å². The van der Waals surface area contributed by atoms with E-state index in [2.05, 4.69) is 49.5 Å². The van der Waals surface area contributed by atoms with Gasteiger partial charge in [0.25, 0.3) is 0 Å². The molecule has 0 atom stereocenters. The third kappa shape index (κ3) is 3.78. The summed E-state index contributed by atoms with van der Waals surface area (Å²) in [5, 5.41) is 13.6. The molecular weight excluding hydrogens is 332 g/mol. The molecule has 0 saturated carbocycles. The molecule has 0 aliphatic heterocycles. The van der Waals surface area contributed by atoms with Crippen LogP contribution in [0.1, 0.15) is 63.1 Å². The maximum Gasteiger partial charge on any atom is 0.157 e. The number of benzene rings is 1. The molecule has 0 spiro atoms. The third-order valence-corrected chi connectivity index (χ3v) is 5.28. The highest BCUT2D eigenvalue weighted by atomic mass is 15.1. The smallest absolute Gasteiger partial charge is 0.157 e. The van der Waals surface area contributed by atoms with E-state index in [-0.39, 0.29) is 0 Å². The second-order valence-corrected chi connectivity index (χ2v) is 7.76. The number of fused-ring (bicyclic) bond motifs is 3. The zero-order chi connectivity index (χ0) is 19.4. The van der Waals surface area contributed by atoms with Crippen LogP contribution in [-0.4, -0.2) is 15.9 Å². The number of aromatic nitrogens is 2. The van der Waals surface area contributed by atoms with Crippen LogP contribution in [0.15, 0.2) is 24.3 Å². The molecule has 0 radical (unpaired) electrons. The van der Waals surface area contributed by atoms with Crippen molar-refractivity contribution in [3.05, 3.63) is 41.0 Å². The number of nitriles is 1. The number of imidazole rings is 1. The van der Waals surface area contributed by atoms with Crippen LogP contribution in [0.5, 0.6) is 0 Å². The van der Waals surface area contributed by atoms with Crippen LogP contribution in [0.4, 0.5) is 5.82 Å².